The van der Waals surface area contributed by atoms with Crippen LogP contribution in [0.3, 0.4) is 0 Å². The molecule has 3 heterocycles. The van der Waals surface area contributed by atoms with E-state index in [1.54, 1.807) is 9.47 Å². The van der Waals surface area contributed by atoms with Crippen LogP contribution in [0.5, 0.6) is 0 Å². The molecular weight excluding hydrogens is 286 g/mol. The summed E-state index contributed by atoms with van der Waals surface area (Å²) in [5.41, 5.74) is 0.846. The van der Waals surface area contributed by atoms with E-state index in [0.717, 1.165) is 5.69 Å². The summed E-state index contributed by atoms with van der Waals surface area (Å²) in [6, 6.07) is 9.62. The van der Waals surface area contributed by atoms with Gasteiger partial charge in [0.2, 0.25) is 11.6 Å². The molecule has 2 aromatic heterocycles. The van der Waals surface area contributed by atoms with Crippen LogP contribution in [0.25, 0.3) is 17.3 Å². The van der Waals surface area contributed by atoms with E-state index in [2.05, 4.69) is 31.1 Å². The van der Waals surface area contributed by atoms with E-state index in [1.165, 1.54) is 0 Å². The average Bonchev–Trinajstić information content (AvgIpc) is 3.25. The maximum atomic E-state index is 5.35. The highest BCUT2D eigenvalue weighted by Gasteiger charge is 2.22. The Morgan fingerprint density at radius 1 is 0.864 bits per heavy atom. The summed E-state index contributed by atoms with van der Waals surface area (Å²) in [4.78, 5) is 1.63. The minimum Gasteiger partial charge on any atom is -0.378 e. The van der Waals surface area contributed by atoms with Crippen LogP contribution in [0, 0.1) is 0 Å². The summed E-state index contributed by atoms with van der Waals surface area (Å²) < 4.78 is 6.97. The molecule has 112 valence electrons. The fraction of sp³-hybridized carbons (Fsp3) is 0.333. The molecule has 10 heteroatoms. The number of hydrogen-bond donors (Lipinski definition) is 0. The second-order valence-corrected chi connectivity index (χ2v) is 4.71. The first kappa shape index (κ1) is 12.8. The van der Waals surface area contributed by atoms with Crippen molar-refractivity contribution in [3.63, 3.8) is 0 Å². The van der Waals surface area contributed by atoms with Crippen molar-refractivity contribution in [2.45, 2.75) is 0 Å². The highest BCUT2D eigenvalue weighted by Crippen LogP contribution is 2.16. The number of morpholine rings is 1. The molecule has 0 bridgehead atoms. The molecule has 0 aliphatic carbocycles. The topological polar surface area (TPSA) is 99.7 Å². The first-order valence-electron chi connectivity index (χ1n) is 6.89. The molecule has 1 saturated heterocycles. The number of hydrogen-bond acceptors (Lipinski definition) is 8. The number of aromatic nitrogens is 8. The van der Waals surface area contributed by atoms with E-state index in [0.29, 0.717) is 38.0 Å². The molecule has 3 aromatic rings. The molecule has 0 amide bonds. The number of para-hydroxylation sites is 1. The van der Waals surface area contributed by atoms with E-state index < -0.39 is 0 Å². The Morgan fingerprint density at radius 2 is 1.59 bits per heavy atom. The smallest absolute Gasteiger partial charge is 0.243 e. The Bertz CT molecular complexity index is 747. The van der Waals surface area contributed by atoms with Gasteiger partial charge >= 0.3 is 0 Å². The van der Waals surface area contributed by atoms with E-state index in [-0.39, 0.29) is 0 Å². The summed E-state index contributed by atoms with van der Waals surface area (Å²) in [6.07, 6.45) is 0. The van der Waals surface area contributed by atoms with Gasteiger partial charge in [0.25, 0.3) is 0 Å². The van der Waals surface area contributed by atoms with Crippen molar-refractivity contribution in [2.24, 2.45) is 0 Å². The molecule has 0 atom stereocenters. The van der Waals surface area contributed by atoms with Gasteiger partial charge in [0.15, 0.2) is 0 Å². The SMILES string of the molecule is c1ccc(-n2nnnc2-c2nnnn2N2CCOCC2)cc1. The van der Waals surface area contributed by atoms with Gasteiger partial charge in [0, 0.05) is 0 Å². The van der Waals surface area contributed by atoms with Crippen LogP contribution in [0.15, 0.2) is 30.3 Å². The first-order valence-corrected chi connectivity index (χ1v) is 6.89. The summed E-state index contributed by atoms with van der Waals surface area (Å²) in [7, 11) is 0. The Morgan fingerprint density at radius 3 is 2.41 bits per heavy atom. The van der Waals surface area contributed by atoms with Gasteiger partial charge in [-0.2, -0.15) is 4.68 Å². The van der Waals surface area contributed by atoms with Crippen molar-refractivity contribution in [2.75, 3.05) is 31.3 Å². The maximum Gasteiger partial charge on any atom is 0.243 e. The molecule has 10 nitrogen and oxygen atoms in total. The highest BCUT2D eigenvalue weighted by molar-refractivity contribution is 5.47. The number of benzene rings is 1. The standard InChI is InChI=1S/C12H13N9O/c1-2-4-10(5-3-1)20-11(13-15-17-20)12-14-16-18-21(12)19-6-8-22-9-7-19/h1-5H,6-9H2. The molecule has 1 aromatic carbocycles. The molecule has 0 radical (unpaired) electrons. The molecule has 22 heavy (non-hydrogen) atoms. The summed E-state index contributed by atoms with van der Waals surface area (Å²) >= 11 is 0. The lowest BCUT2D eigenvalue weighted by molar-refractivity contribution is 0.109. The second kappa shape index (κ2) is 5.48. The van der Waals surface area contributed by atoms with Crippen LogP contribution < -0.4 is 5.01 Å². The van der Waals surface area contributed by atoms with Crippen LogP contribution in [0.1, 0.15) is 0 Å². The largest absolute Gasteiger partial charge is 0.378 e. The Balaban J connectivity index is 1.75. The van der Waals surface area contributed by atoms with Gasteiger partial charge in [0.1, 0.15) is 0 Å². The zero-order chi connectivity index (χ0) is 14.8. The molecule has 0 saturated carbocycles. The van der Waals surface area contributed by atoms with Gasteiger partial charge in [-0.25, -0.2) is 0 Å². The first-order chi connectivity index (χ1) is 10.9. The highest BCUT2D eigenvalue weighted by atomic mass is 16.5. The quantitative estimate of drug-likeness (QED) is 0.625. The predicted octanol–water partition coefficient (Wildman–Crippen LogP) is -0.716. The van der Waals surface area contributed by atoms with Gasteiger partial charge in [0.05, 0.1) is 32.0 Å². The van der Waals surface area contributed by atoms with Crippen molar-refractivity contribution in [1.82, 2.24) is 40.5 Å². The third-order valence-corrected chi connectivity index (χ3v) is 3.38. The number of nitrogens with zero attached hydrogens (tertiary/aromatic N) is 9. The lowest BCUT2D eigenvalue weighted by atomic mass is 10.3. The lowest BCUT2D eigenvalue weighted by Crippen LogP contribution is -2.45. The third-order valence-electron chi connectivity index (χ3n) is 3.38. The molecule has 1 aliphatic heterocycles. The summed E-state index contributed by atoms with van der Waals surface area (Å²) in [6.45, 7) is 2.71. The minimum atomic E-state index is 0.489. The van der Waals surface area contributed by atoms with Crippen molar-refractivity contribution in [3.8, 4) is 17.3 Å². The maximum absolute atomic E-state index is 5.35. The normalized spacial score (nSPS) is 15.2. The summed E-state index contributed by atoms with van der Waals surface area (Å²) in [5.74, 6) is 0.985. The molecule has 1 aliphatic rings. The fourth-order valence-corrected chi connectivity index (χ4v) is 2.32. The molecule has 4 rings (SSSR count). The third kappa shape index (κ3) is 2.19. The van der Waals surface area contributed by atoms with Gasteiger partial charge < -0.3 is 4.74 Å². The zero-order valence-corrected chi connectivity index (χ0v) is 11.6. The predicted molar refractivity (Wildman–Crippen MR) is 74.7 cm³/mol. The van der Waals surface area contributed by atoms with Crippen LogP contribution in [0.4, 0.5) is 0 Å². The van der Waals surface area contributed by atoms with Gasteiger partial charge in [-0.3, -0.25) is 5.01 Å². The average molecular weight is 299 g/mol. The molecule has 1 fully saturated rings. The molecule has 0 N–H and O–H groups in total. The Labute approximate surface area is 125 Å². The van der Waals surface area contributed by atoms with Crippen LogP contribution in [0.2, 0.25) is 0 Å². The van der Waals surface area contributed by atoms with E-state index in [4.69, 9.17) is 4.74 Å². The fourth-order valence-electron chi connectivity index (χ4n) is 2.32. The lowest BCUT2D eigenvalue weighted by Gasteiger charge is -2.27. The molecule has 0 spiro atoms. The van der Waals surface area contributed by atoms with Crippen LogP contribution >= 0.6 is 0 Å². The molecular formula is C12H13N9O. The van der Waals surface area contributed by atoms with Crippen molar-refractivity contribution < 1.29 is 4.74 Å². The summed E-state index contributed by atoms with van der Waals surface area (Å²) in [5, 5.41) is 25.7. The van der Waals surface area contributed by atoms with Crippen molar-refractivity contribution in [3.05, 3.63) is 30.3 Å². The number of tetrazole rings is 2. The Kier molecular flexibility index (Phi) is 3.20. The van der Waals surface area contributed by atoms with E-state index in [1.807, 2.05) is 35.3 Å². The Hall–Kier alpha value is -2.88. The zero-order valence-electron chi connectivity index (χ0n) is 11.6. The van der Waals surface area contributed by atoms with Gasteiger partial charge in [-0.15, -0.1) is 15.0 Å². The van der Waals surface area contributed by atoms with E-state index >= 15 is 0 Å². The molecule has 0 unspecified atom stereocenters. The van der Waals surface area contributed by atoms with Crippen LogP contribution in [-0.2, 0) is 4.74 Å². The second-order valence-electron chi connectivity index (χ2n) is 4.71. The number of rotatable bonds is 3. The number of ether oxygens (including phenoxy) is 1. The van der Waals surface area contributed by atoms with Crippen molar-refractivity contribution in [1.29, 1.82) is 0 Å². The van der Waals surface area contributed by atoms with Gasteiger partial charge in [-0.05, 0) is 33.0 Å². The van der Waals surface area contributed by atoms with Gasteiger partial charge in [-0.1, -0.05) is 18.2 Å². The van der Waals surface area contributed by atoms with Crippen LogP contribution in [-0.4, -0.2) is 66.8 Å². The van der Waals surface area contributed by atoms with Crippen molar-refractivity contribution >= 4 is 0 Å². The minimum absolute atomic E-state index is 0.489. The van der Waals surface area contributed by atoms with E-state index in [9.17, 15) is 0 Å². The monoisotopic (exact) mass is 299 g/mol.